The number of thiophene rings is 1. The van der Waals surface area contributed by atoms with Crippen molar-refractivity contribution < 1.29 is 19.1 Å². The Kier molecular flexibility index (Phi) is 6.11. The Morgan fingerprint density at radius 3 is 2.67 bits per heavy atom. The molecule has 172 valence electrons. The fourth-order valence-electron chi connectivity index (χ4n) is 5.41. The van der Waals surface area contributed by atoms with E-state index in [-0.39, 0.29) is 23.8 Å². The third kappa shape index (κ3) is 4.24. The summed E-state index contributed by atoms with van der Waals surface area (Å²) in [6.07, 6.45) is 5.16. The SMILES string of the molecule is COc1cccc([C@@H]2C(C(=O)OC3CCCC3)=C(C)NC3=C2C(=O)C[C@@H](c2cccs2)C3)c1. The molecule has 5 nitrogen and oxygen atoms in total. The fourth-order valence-corrected chi connectivity index (χ4v) is 6.24. The van der Waals surface area contributed by atoms with E-state index in [1.54, 1.807) is 18.4 Å². The van der Waals surface area contributed by atoms with Gasteiger partial charge < -0.3 is 14.8 Å². The molecule has 2 heterocycles. The third-order valence-electron chi connectivity index (χ3n) is 7.00. The smallest absolute Gasteiger partial charge is 0.337 e. The van der Waals surface area contributed by atoms with Gasteiger partial charge in [0.05, 0.1) is 12.7 Å². The van der Waals surface area contributed by atoms with Crippen molar-refractivity contribution in [1.29, 1.82) is 0 Å². The number of carbonyl (C=O) groups is 2. The van der Waals surface area contributed by atoms with Crippen LogP contribution in [0.3, 0.4) is 0 Å². The van der Waals surface area contributed by atoms with Crippen molar-refractivity contribution in [3.05, 3.63) is 74.8 Å². The van der Waals surface area contributed by atoms with E-state index < -0.39 is 5.92 Å². The molecule has 1 aromatic heterocycles. The topological polar surface area (TPSA) is 64.6 Å². The number of carbonyl (C=O) groups excluding carboxylic acids is 2. The van der Waals surface area contributed by atoms with Gasteiger partial charge in [-0.1, -0.05) is 18.2 Å². The van der Waals surface area contributed by atoms with Crippen LogP contribution in [0.4, 0.5) is 0 Å². The average molecular weight is 464 g/mol. The zero-order valence-corrected chi connectivity index (χ0v) is 19.9. The van der Waals surface area contributed by atoms with Crippen molar-refractivity contribution in [1.82, 2.24) is 5.32 Å². The number of allylic oxidation sites excluding steroid dienone is 3. The molecule has 1 saturated carbocycles. The van der Waals surface area contributed by atoms with Gasteiger partial charge in [-0.05, 0) is 68.2 Å². The van der Waals surface area contributed by atoms with E-state index in [1.165, 1.54) is 4.88 Å². The van der Waals surface area contributed by atoms with Crippen molar-refractivity contribution in [3.8, 4) is 5.75 Å². The van der Waals surface area contributed by atoms with E-state index in [0.717, 1.165) is 49.1 Å². The van der Waals surface area contributed by atoms with E-state index in [9.17, 15) is 9.59 Å². The third-order valence-corrected chi connectivity index (χ3v) is 8.03. The predicted octanol–water partition coefficient (Wildman–Crippen LogP) is 5.60. The second-order valence-electron chi connectivity index (χ2n) is 9.12. The second-order valence-corrected chi connectivity index (χ2v) is 10.1. The lowest BCUT2D eigenvalue weighted by atomic mass is 9.72. The second kappa shape index (κ2) is 9.18. The zero-order valence-electron chi connectivity index (χ0n) is 19.1. The Morgan fingerprint density at radius 1 is 1.12 bits per heavy atom. The quantitative estimate of drug-likeness (QED) is 0.585. The summed E-state index contributed by atoms with van der Waals surface area (Å²) in [5.41, 5.74) is 3.80. The number of esters is 1. The lowest BCUT2D eigenvalue weighted by Gasteiger charge is -2.36. The van der Waals surface area contributed by atoms with Crippen LogP contribution in [0.25, 0.3) is 0 Å². The van der Waals surface area contributed by atoms with Crippen LogP contribution in [0.2, 0.25) is 0 Å². The molecule has 0 unspecified atom stereocenters. The van der Waals surface area contributed by atoms with Crippen molar-refractivity contribution in [2.75, 3.05) is 7.11 Å². The molecule has 3 aliphatic rings. The summed E-state index contributed by atoms with van der Waals surface area (Å²) >= 11 is 1.69. The standard InChI is InChI=1S/C27H29NO4S/c1-16-24(27(30)32-19-8-3-4-9-19)25(17-7-5-10-20(13-17)31-2)26-21(28-16)14-18(15-22(26)29)23-11-6-12-33-23/h5-7,10-13,18-19,25,28H,3-4,8-9,14-15H2,1-2H3/t18-,25+/m0/s1. The first-order valence-corrected chi connectivity index (χ1v) is 12.6. The summed E-state index contributed by atoms with van der Waals surface area (Å²) < 4.78 is 11.4. The van der Waals surface area contributed by atoms with Crippen molar-refractivity contribution >= 4 is 23.1 Å². The molecule has 0 spiro atoms. The van der Waals surface area contributed by atoms with Gasteiger partial charge in [0, 0.05) is 40.1 Å². The van der Waals surface area contributed by atoms with Crippen LogP contribution in [0, 0.1) is 0 Å². The summed E-state index contributed by atoms with van der Waals surface area (Å²) in [4.78, 5) is 28.3. The molecule has 1 aromatic carbocycles. The van der Waals surface area contributed by atoms with Gasteiger partial charge in [-0.25, -0.2) is 4.79 Å². The molecule has 33 heavy (non-hydrogen) atoms. The maximum atomic E-state index is 13.6. The summed E-state index contributed by atoms with van der Waals surface area (Å²) in [6.45, 7) is 1.92. The minimum atomic E-state index is -0.456. The number of Topliss-reactive ketones (excluding diaryl/α,β-unsaturated/α-hetero) is 1. The van der Waals surface area contributed by atoms with Crippen molar-refractivity contribution in [3.63, 3.8) is 0 Å². The van der Waals surface area contributed by atoms with Crippen LogP contribution in [0.1, 0.15) is 67.7 Å². The number of nitrogens with one attached hydrogen (secondary N) is 1. The minimum absolute atomic E-state index is 0.0376. The number of dihydropyridines is 1. The summed E-state index contributed by atoms with van der Waals surface area (Å²) in [5.74, 6) is 0.179. The predicted molar refractivity (Wildman–Crippen MR) is 128 cm³/mol. The number of rotatable bonds is 5. The van der Waals surface area contributed by atoms with Gasteiger partial charge in [0.2, 0.25) is 0 Å². The summed E-state index contributed by atoms with van der Waals surface area (Å²) in [7, 11) is 1.62. The highest BCUT2D eigenvalue weighted by Gasteiger charge is 2.42. The van der Waals surface area contributed by atoms with Crippen LogP contribution in [0.15, 0.2) is 64.3 Å². The maximum absolute atomic E-state index is 13.6. The van der Waals surface area contributed by atoms with Crippen LogP contribution in [0.5, 0.6) is 5.75 Å². The normalized spacial score (nSPS) is 23.4. The number of hydrogen-bond acceptors (Lipinski definition) is 6. The molecule has 1 fully saturated rings. The van der Waals surface area contributed by atoms with Gasteiger partial charge in [0.15, 0.2) is 5.78 Å². The molecule has 5 rings (SSSR count). The first-order chi connectivity index (χ1) is 16.0. The number of ketones is 1. The minimum Gasteiger partial charge on any atom is -0.497 e. The number of ether oxygens (including phenoxy) is 2. The van der Waals surface area contributed by atoms with E-state index in [2.05, 4.69) is 16.8 Å². The molecule has 2 atom stereocenters. The Morgan fingerprint density at radius 2 is 1.94 bits per heavy atom. The van der Waals surface area contributed by atoms with Crippen LogP contribution < -0.4 is 10.1 Å². The Bertz CT molecular complexity index is 1120. The Balaban J connectivity index is 1.56. The van der Waals surface area contributed by atoms with E-state index in [0.29, 0.717) is 23.3 Å². The van der Waals surface area contributed by atoms with Gasteiger partial charge in [-0.3, -0.25) is 4.79 Å². The van der Waals surface area contributed by atoms with Crippen LogP contribution in [-0.4, -0.2) is 25.0 Å². The van der Waals surface area contributed by atoms with Crippen molar-refractivity contribution in [2.24, 2.45) is 0 Å². The monoisotopic (exact) mass is 463 g/mol. The molecule has 0 bridgehead atoms. The van der Waals surface area contributed by atoms with E-state index in [4.69, 9.17) is 9.47 Å². The molecular weight excluding hydrogens is 434 g/mol. The number of benzene rings is 1. The zero-order chi connectivity index (χ0) is 22.9. The Labute approximate surface area is 198 Å². The van der Waals surface area contributed by atoms with Crippen molar-refractivity contribution in [2.45, 2.75) is 63.4 Å². The van der Waals surface area contributed by atoms with Gasteiger partial charge in [0.1, 0.15) is 11.9 Å². The fraction of sp³-hybridized carbons (Fsp3) is 0.407. The highest BCUT2D eigenvalue weighted by Crippen LogP contribution is 2.47. The maximum Gasteiger partial charge on any atom is 0.337 e. The average Bonchev–Trinajstić information content (AvgIpc) is 3.52. The largest absolute Gasteiger partial charge is 0.497 e. The molecule has 0 radical (unpaired) electrons. The summed E-state index contributed by atoms with van der Waals surface area (Å²) in [6, 6.07) is 11.8. The molecule has 2 aromatic rings. The van der Waals surface area contributed by atoms with Crippen LogP contribution in [-0.2, 0) is 14.3 Å². The highest BCUT2D eigenvalue weighted by atomic mass is 32.1. The molecule has 6 heteroatoms. The molecule has 2 aliphatic carbocycles. The first-order valence-electron chi connectivity index (χ1n) is 11.7. The van der Waals surface area contributed by atoms with Gasteiger partial charge in [0.25, 0.3) is 0 Å². The van der Waals surface area contributed by atoms with Crippen LogP contribution >= 0.6 is 11.3 Å². The summed E-state index contributed by atoms with van der Waals surface area (Å²) in [5, 5.41) is 5.49. The molecular formula is C27H29NO4S. The Hall–Kier alpha value is -2.86. The molecule has 0 amide bonds. The molecule has 1 N–H and O–H groups in total. The first kappa shape index (κ1) is 22.0. The van der Waals surface area contributed by atoms with E-state index in [1.807, 2.05) is 37.3 Å². The number of methoxy groups -OCH3 is 1. The highest BCUT2D eigenvalue weighted by molar-refractivity contribution is 7.10. The molecule has 0 saturated heterocycles. The van der Waals surface area contributed by atoms with Gasteiger partial charge in [-0.2, -0.15) is 0 Å². The lowest BCUT2D eigenvalue weighted by molar-refractivity contribution is -0.144. The lowest BCUT2D eigenvalue weighted by Crippen LogP contribution is -2.36. The van der Waals surface area contributed by atoms with E-state index >= 15 is 0 Å². The van der Waals surface area contributed by atoms with Gasteiger partial charge >= 0.3 is 5.97 Å². The number of hydrogen-bond donors (Lipinski definition) is 1. The van der Waals surface area contributed by atoms with Gasteiger partial charge in [-0.15, -0.1) is 11.3 Å². The molecule has 1 aliphatic heterocycles.